The molecule has 0 bridgehead atoms. The molecule has 2 unspecified atom stereocenters. The summed E-state index contributed by atoms with van der Waals surface area (Å²) in [6.07, 6.45) is 1.17. The topological polar surface area (TPSA) is 174 Å². The van der Waals surface area contributed by atoms with Crippen LogP contribution in [0.3, 0.4) is 0 Å². The van der Waals surface area contributed by atoms with Gasteiger partial charge < -0.3 is 37.2 Å². The largest absolute Gasteiger partial charge is 0.506 e. The van der Waals surface area contributed by atoms with E-state index in [0.29, 0.717) is 35.2 Å². The second kappa shape index (κ2) is 11.2. The SMILES string of the molecule is CCC(NC(=O)CNC(=O)c1cnc(N)c(NC2=NCC(O)CN2)c1)c1cc(Cl)cc(Cl)c1O. The number of guanidine groups is 1. The fraction of sp³-hybridized carbons (Fsp3) is 0.333. The first-order valence-electron chi connectivity index (χ1n) is 10.4. The molecule has 0 fully saturated rings. The number of hydrogen-bond donors (Lipinski definition) is 7. The number of halogens is 2. The minimum absolute atomic E-state index is 0.0781. The maximum atomic E-state index is 12.6. The minimum atomic E-state index is -0.573. The summed E-state index contributed by atoms with van der Waals surface area (Å²) in [5.41, 5.74) is 6.77. The van der Waals surface area contributed by atoms with Crippen molar-refractivity contribution in [2.75, 3.05) is 30.7 Å². The molecule has 1 aromatic heterocycles. The van der Waals surface area contributed by atoms with Crippen LogP contribution >= 0.6 is 23.2 Å². The Balaban J connectivity index is 1.61. The number of aliphatic imine (C=N–C) groups is 1. The summed E-state index contributed by atoms with van der Waals surface area (Å²) >= 11 is 12.0. The summed E-state index contributed by atoms with van der Waals surface area (Å²) in [5.74, 6) is -0.638. The third kappa shape index (κ3) is 6.40. The van der Waals surface area contributed by atoms with Gasteiger partial charge in [-0.05, 0) is 24.6 Å². The summed E-state index contributed by atoms with van der Waals surface area (Å²) in [4.78, 5) is 33.1. The molecule has 1 aliphatic heterocycles. The number of aromatic nitrogens is 1. The van der Waals surface area contributed by atoms with Crippen LogP contribution in [0, 0.1) is 0 Å². The summed E-state index contributed by atoms with van der Waals surface area (Å²) in [7, 11) is 0. The molecule has 13 heteroatoms. The lowest BCUT2D eigenvalue weighted by Gasteiger charge is -2.20. The van der Waals surface area contributed by atoms with Crippen molar-refractivity contribution in [3.8, 4) is 5.75 Å². The molecule has 0 aliphatic carbocycles. The molecule has 0 saturated heterocycles. The normalized spacial score (nSPS) is 16.1. The molecule has 0 spiro atoms. The van der Waals surface area contributed by atoms with Crippen LogP contribution in [0.1, 0.15) is 35.3 Å². The number of hydrogen-bond acceptors (Lipinski definition) is 9. The van der Waals surface area contributed by atoms with E-state index in [0.717, 1.165) is 0 Å². The molecule has 2 aromatic rings. The van der Waals surface area contributed by atoms with Gasteiger partial charge in [-0.2, -0.15) is 0 Å². The highest BCUT2D eigenvalue weighted by atomic mass is 35.5. The van der Waals surface area contributed by atoms with Crippen molar-refractivity contribution >= 4 is 52.5 Å². The molecule has 3 rings (SSSR count). The number of phenols is 1. The average molecular weight is 510 g/mol. The van der Waals surface area contributed by atoms with E-state index in [-0.39, 0.29) is 35.2 Å². The zero-order valence-corrected chi connectivity index (χ0v) is 19.7. The fourth-order valence-corrected chi connectivity index (χ4v) is 3.71. The van der Waals surface area contributed by atoms with E-state index in [1.165, 1.54) is 24.4 Å². The molecule has 2 atom stereocenters. The third-order valence-corrected chi connectivity index (χ3v) is 5.49. The zero-order chi connectivity index (χ0) is 24.8. The van der Waals surface area contributed by atoms with Gasteiger partial charge in [0.15, 0.2) is 5.96 Å². The van der Waals surface area contributed by atoms with E-state index in [4.69, 9.17) is 28.9 Å². The number of amides is 2. The average Bonchev–Trinajstić information content (AvgIpc) is 2.81. The number of aliphatic hydroxyl groups is 1. The van der Waals surface area contributed by atoms with Crippen molar-refractivity contribution in [3.63, 3.8) is 0 Å². The lowest BCUT2D eigenvalue weighted by molar-refractivity contribution is -0.120. The lowest BCUT2D eigenvalue weighted by atomic mass is 10.0. The first-order chi connectivity index (χ1) is 16.2. The number of nitrogen functional groups attached to an aromatic ring is 1. The van der Waals surface area contributed by atoms with Gasteiger partial charge in [0.25, 0.3) is 5.91 Å². The molecule has 11 nitrogen and oxygen atoms in total. The summed E-state index contributed by atoms with van der Waals surface area (Å²) in [5, 5.41) is 31.2. The Morgan fingerprint density at radius 3 is 2.76 bits per heavy atom. The van der Waals surface area contributed by atoms with Crippen molar-refractivity contribution in [2.24, 2.45) is 4.99 Å². The number of carbonyl (C=O) groups excluding carboxylic acids is 2. The Bertz CT molecular complexity index is 1110. The second-order valence-corrected chi connectivity index (χ2v) is 8.39. The number of carbonyl (C=O) groups is 2. The number of benzene rings is 1. The van der Waals surface area contributed by atoms with Gasteiger partial charge in [-0.3, -0.25) is 14.6 Å². The Kier molecular flexibility index (Phi) is 8.37. The van der Waals surface area contributed by atoms with E-state index in [2.05, 4.69) is 31.2 Å². The molecule has 2 amide bonds. The molecular weight excluding hydrogens is 485 g/mol. The predicted octanol–water partition coefficient (Wildman–Crippen LogP) is 1.41. The Morgan fingerprint density at radius 2 is 2.09 bits per heavy atom. The highest BCUT2D eigenvalue weighted by molar-refractivity contribution is 6.35. The molecule has 1 aromatic carbocycles. The number of phenolic OH excluding ortho intramolecular Hbond substituents is 1. The van der Waals surface area contributed by atoms with Crippen molar-refractivity contribution in [3.05, 3.63) is 45.6 Å². The fourth-order valence-electron chi connectivity index (χ4n) is 3.20. The van der Waals surface area contributed by atoms with Gasteiger partial charge in [0, 0.05) is 23.3 Å². The number of rotatable bonds is 7. The van der Waals surface area contributed by atoms with Crippen LogP contribution in [-0.2, 0) is 4.79 Å². The number of β-amino-alcohol motifs (C(OH)–C–C–N with tert-alkyl or cyclic N) is 1. The maximum Gasteiger partial charge on any atom is 0.253 e. The van der Waals surface area contributed by atoms with E-state index in [9.17, 15) is 19.8 Å². The van der Waals surface area contributed by atoms with Gasteiger partial charge in [-0.1, -0.05) is 30.1 Å². The zero-order valence-electron chi connectivity index (χ0n) is 18.2. The molecule has 0 radical (unpaired) electrons. The van der Waals surface area contributed by atoms with E-state index in [1.807, 2.05) is 6.92 Å². The van der Waals surface area contributed by atoms with Crippen LogP contribution < -0.4 is 27.0 Å². The van der Waals surface area contributed by atoms with Crippen LogP contribution in [0.2, 0.25) is 10.0 Å². The van der Waals surface area contributed by atoms with Gasteiger partial charge in [0.05, 0.1) is 41.5 Å². The molecule has 182 valence electrons. The summed E-state index contributed by atoms with van der Waals surface area (Å²) in [6.45, 7) is 2.06. The van der Waals surface area contributed by atoms with Gasteiger partial charge in [0.2, 0.25) is 5.91 Å². The predicted molar refractivity (Wildman–Crippen MR) is 130 cm³/mol. The molecule has 8 N–H and O–H groups in total. The molecule has 0 saturated carbocycles. The number of pyridine rings is 1. The number of anilines is 2. The summed E-state index contributed by atoms with van der Waals surface area (Å²) < 4.78 is 0. The smallest absolute Gasteiger partial charge is 0.253 e. The summed E-state index contributed by atoms with van der Waals surface area (Å²) in [6, 6.07) is 3.85. The van der Waals surface area contributed by atoms with Crippen LogP contribution in [0.5, 0.6) is 5.75 Å². The van der Waals surface area contributed by atoms with Crippen LogP contribution in [0.4, 0.5) is 11.5 Å². The van der Waals surface area contributed by atoms with Crippen molar-refractivity contribution in [2.45, 2.75) is 25.5 Å². The molecule has 2 heterocycles. The highest BCUT2D eigenvalue weighted by Gasteiger charge is 2.20. The Labute approximate surface area is 205 Å². The van der Waals surface area contributed by atoms with Crippen molar-refractivity contribution in [1.82, 2.24) is 20.9 Å². The quantitative estimate of drug-likeness (QED) is 0.293. The first-order valence-corrected chi connectivity index (χ1v) is 11.2. The lowest BCUT2D eigenvalue weighted by Crippen LogP contribution is -2.42. The maximum absolute atomic E-state index is 12.6. The number of aromatic hydroxyl groups is 1. The molecule has 34 heavy (non-hydrogen) atoms. The second-order valence-electron chi connectivity index (χ2n) is 7.54. The first kappa shape index (κ1) is 25.3. The van der Waals surface area contributed by atoms with Gasteiger partial charge in [-0.25, -0.2) is 4.98 Å². The highest BCUT2D eigenvalue weighted by Crippen LogP contribution is 2.35. The number of nitrogens with two attached hydrogens (primary N) is 1. The Hall–Kier alpha value is -3.28. The Morgan fingerprint density at radius 1 is 1.32 bits per heavy atom. The number of nitrogens with zero attached hydrogens (tertiary/aromatic N) is 2. The van der Waals surface area contributed by atoms with Gasteiger partial charge in [-0.15, -0.1) is 0 Å². The third-order valence-electron chi connectivity index (χ3n) is 4.99. The van der Waals surface area contributed by atoms with Crippen molar-refractivity contribution in [1.29, 1.82) is 0 Å². The monoisotopic (exact) mass is 509 g/mol. The van der Waals surface area contributed by atoms with E-state index >= 15 is 0 Å². The molecule has 1 aliphatic rings. The minimum Gasteiger partial charge on any atom is -0.506 e. The van der Waals surface area contributed by atoms with Crippen LogP contribution in [0.15, 0.2) is 29.4 Å². The number of aliphatic hydroxyl groups excluding tert-OH is 1. The number of nitrogens with one attached hydrogen (secondary N) is 4. The van der Waals surface area contributed by atoms with E-state index in [1.54, 1.807) is 0 Å². The van der Waals surface area contributed by atoms with Gasteiger partial charge in [0.1, 0.15) is 11.6 Å². The van der Waals surface area contributed by atoms with Crippen molar-refractivity contribution < 1.29 is 19.8 Å². The van der Waals surface area contributed by atoms with E-state index < -0.39 is 24.0 Å². The molecular formula is C21H25Cl2N7O4. The van der Waals surface area contributed by atoms with Gasteiger partial charge >= 0.3 is 0 Å². The standard InChI is InChI=1S/C21H25Cl2N7O4/c1-2-15(13-4-11(22)5-14(23)18(13)33)29-17(32)9-26-20(34)10-3-16(19(24)25-6-10)30-21-27-7-12(31)8-28-21/h3-6,12,15,31,33H,2,7-9H2,1H3,(H2,24,25)(H,26,34)(H,29,32)(H2,27,28,30). The van der Waals surface area contributed by atoms with Crippen LogP contribution in [0.25, 0.3) is 0 Å². The van der Waals surface area contributed by atoms with Crippen LogP contribution in [-0.4, -0.2) is 58.7 Å².